The van der Waals surface area contributed by atoms with E-state index in [0.29, 0.717) is 32.5 Å². The molecule has 0 aliphatic carbocycles. The van der Waals surface area contributed by atoms with Crippen LogP contribution in [0.15, 0.2) is 11.4 Å². The number of hydrogen-bond acceptors (Lipinski definition) is 4. The fourth-order valence-electron chi connectivity index (χ4n) is 2.55. The predicted octanol–water partition coefficient (Wildman–Crippen LogP) is 3.32. The highest BCUT2D eigenvalue weighted by molar-refractivity contribution is 7.10. The molecule has 6 heteroatoms. The molecule has 2 heterocycles. The van der Waals surface area contributed by atoms with E-state index in [9.17, 15) is 9.59 Å². The van der Waals surface area contributed by atoms with Crippen LogP contribution in [0.25, 0.3) is 0 Å². The van der Waals surface area contributed by atoms with Crippen molar-refractivity contribution in [1.82, 2.24) is 10.2 Å². The Balaban J connectivity index is 1.76. The standard InChI is InChI=1S/C17H26N2O3S/c1-12-7-10-23-14(12)11-18-15(20)13-5-8-19(9-6-13)16(21)22-17(2,3)4/h7,10,13H,5-6,8-9,11H2,1-4H3,(H,18,20). The molecule has 2 rings (SSSR count). The summed E-state index contributed by atoms with van der Waals surface area (Å²) in [6.45, 7) is 9.37. The van der Waals surface area contributed by atoms with Crippen molar-refractivity contribution >= 4 is 23.3 Å². The molecule has 1 aliphatic rings. The van der Waals surface area contributed by atoms with Gasteiger partial charge in [-0.3, -0.25) is 4.79 Å². The van der Waals surface area contributed by atoms with E-state index in [4.69, 9.17) is 4.74 Å². The molecule has 0 saturated carbocycles. The van der Waals surface area contributed by atoms with Crippen LogP contribution in [0.1, 0.15) is 44.1 Å². The highest BCUT2D eigenvalue weighted by atomic mass is 32.1. The Morgan fingerprint density at radius 1 is 1.35 bits per heavy atom. The summed E-state index contributed by atoms with van der Waals surface area (Å²) in [5.41, 5.74) is 0.735. The molecule has 0 spiro atoms. The third-order valence-electron chi connectivity index (χ3n) is 3.91. The van der Waals surface area contributed by atoms with Crippen LogP contribution in [0.3, 0.4) is 0 Å². The zero-order chi connectivity index (χ0) is 17.0. The average molecular weight is 338 g/mol. The van der Waals surface area contributed by atoms with Crippen molar-refractivity contribution in [2.45, 2.75) is 52.7 Å². The summed E-state index contributed by atoms with van der Waals surface area (Å²) in [5.74, 6) is 0.0654. The van der Waals surface area contributed by atoms with Crippen molar-refractivity contribution in [1.29, 1.82) is 0 Å². The number of hydrogen-bond donors (Lipinski definition) is 1. The second-order valence-corrected chi connectivity index (χ2v) is 7.99. The first-order chi connectivity index (χ1) is 10.8. The van der Waals surface area contributed by atoms with Gasteiger partial charge in [-0.25, -0.2) is 4.79 Å². The van der Waals surface area contributed by atoms with Crippen molar-refractivity contribution in [3.63, 3.8) is 0 Å². The van der Waals surface area contributed by atoms with Gasteiger partial charge in [0.15, 0.2) is 0 Å². The summed E-state index contributed by atoms with van der Waals surface area (Å²) in [4.78, 5) is 27.2. The molecule has 0 atom stereocenters. The minimum atomic E-state index is -0.482. The maximum Gasteiger partial charge on any atom is 0.410 e. The Labute approximate surface area is 142 Å². The molecule has 128 valence electrons. The third kappa shape index (κ3) is 5.23. The molecule has 1 aromatic rings. The maximum absolute atomic E-state index is 12.3. The Kier molecular flexibility index (Phi) is 5.68. The van der Waals surface area contributed by atoms with E-state index in [-0.39, 0.29) is 17.9 Å². The molecular weight excluding hydrogens is 312 g/mol. The molecule has 5 nitrogen and oxygen atoms in total. The summed E-state index contributed by atoms with van der Waals surface area (Å²) in [6.07, 6.45) is 1.09. The second kappa shape index (κ2) is 7.34. The Morgan fingerprint density at radius 2 is 2.00 bits per heavy atom. The van der Waals surface area contributed by atoms with Crippen LogP contribution in [0.4, 0.5) is 4.79 Å². The maximum atomic E-state index is 12.3. The molecule has 1 fully saturated rings. The van der Waals surface area contributed by atoms with Crippen LogP contribution in [0, 0.1) is 12.8 Å². The van der Waals surface area contributed by atoms with Crippen molar-refractivity contribution < 1.29 is 14.3 Å². The number of rotatable bonds is 3. The molecule has 1 aliphatic heterocycles. The fourth-order valence-corrected chi connectivity index (χ4v) is 3.39. The van der Waals surface area contributed by atoms with E-state index in [1.807, 2.05) is 26.2 Å². The second-order valence-electron chi connectivity index (χ2n) is 6.99. The number of likely N-dealkylation sites (tertiary alicyclic amines) is 1. The molecule has 2 amide bonds. The topological polar surface area (TPSA) is 58.6 Å². The largest absolute Gasteiger partial charge is 0.444 e. The van der Waals surface area contributed by atoms with Crippen molar-refractivity contribution in [2.24, 2.45) is 5.92 Å². The van der Waals surface area contributed by atoms with Gasteiger partial charge in [0.25, 0.3) is 0 Å². The van der Waals surface area contributed by atoms with E-state index < -0.39 is 5.60 Å². The lowest BCUT2D eigenvalue weighted by molar-refractivity contribution is -0.126. The van der Waals surface area contributed by atoms with Gasteiger partial charge in [0.1, 0.15) is 5.60 Å². The van der Waals surface area contributed by atoms with Crippen LogP contribution in [0.5, 0.6) is 0 Å². The van der Waals surface area contributed by atoms with Crippen LogP contribution < -0.4 is 5.32 Å². The molecular formula is C17H26N2O3S. The fraction of sp³-hybridized carbons (Fsp3) is 0.647. The van der Waals surface area contributed by atoms with Gasteiger partial charge in [0.05, 0.1) is 6.54 Å². The summed E-state index contributed by atoms with van der Waals surface area (Å²) in [7, 11) is 0. The zero-order valence-electron chi connectivity index (χ0n) is 14.3. The van der Waals surface area contributed by atoms with Gasteiger partial charge in [-0.05, 0) is 57.5 Å². The Morgan fingerprint density at radius 3 is 2.52 bits per heavy atom. The van der Waals surface area contributed by atoms with Gasteiger partial charge in [0, 0.05) is 23.9 Å². The lowest BCUT2D eigenvalue weighted by Crippen LogP contribution is -2.44. The van der Waals surface area contributed by atoms with Crippen LogP contribution in [0.2, 0.25) is 0 Å². The van der Waals surface area contributed by atoms with E-state index >= 15 is 0 Å². The quantitative estimate of drug-likeness (QED) is 0.920. The molecule has 0 radical (unpaired) electrons. The molecule has 0 bridgehead atoms. The van der Waals surface area contributed by atoms with Crippen LogP contribution in [-0.4, -0.2) is 35.6 Å². The molecule has 1 saturated heterocycles. The van der Waals surface area contributed by atoms with Gasteiger partial charge in [-0.2, -0.15) is 0 Å². The van der Waals surface area contributed by atoms with E-state index in [1.54, 1.807) is 16.2 Å². The number of aryl methyl sites for hydroxylation is 1. The number of thiophene rings is 1. The van der Waals surface area contributed by atoms with E-state index in [0.717, 1.165) is 0 Å². The smallest absolute Gasteiger partial charge is 0.410 e. The zero-order valence-corrected chi connectivity index (χ0v) is 15.2. The number of piperidine rings is 1. The summed E-state index contributed by atoms with van der Waals surface area (Å²) >= 11 is 1.66. The predicted molar refractivity (Wildman–Crippen MR) is 91.4 cm³/mol. The molecule has 0 aromatic carbocycles. The monoisotopic (exact) mass is 338 g/mol. The lowest BCUT2D eigenvalue weighted by atomic mass is 9.96. The number of amides is 2. The number of carbonyl (C=O) groups excluding carboxylic acids is 2. The lowest BCUT2D eigenvalue weighted by Gasteiger charge is -2.32. The van der Waals surface area contributed by atoms with E-state index in [2.05, 4.69) is 18.3 Å². The molecule has 23 heavy (non-hydrogen) atoms. The normalized spacial score (nSPS) is 16.3. The number of ether oxygens (including phenoxy) is 1. The van der Waals surface area contributed by atoms with Crippen molar-refractivity contribution in [2.75, 3.05) is 13.1 Å². The molecule has 1 N–H and O–H groups in total. The highest BCUT2D eigenvalue weighted by Gasteiger charge is 2.29. The number of nitrogens with zero attached hydrogens (tertiary/aromatic N) is 1. The number of carbonyl (C=O) groups is 2. The molecule has 0 unspecified atom stereocenters. The first-order valence-electron chi connectivity index (χ1n) is 8.05. The minimum absolute atomic E-state index is 0.0195. The third-order valence-corrected chi connectivity index (χ3v) is 4.93. The molecule has 1 aromatic heterocycles. The van der Waals surface area contributed by atoms with Gasteiger partial charge in [-0.15, -0.1) is 11.3 Å². The first kappa shape index (κ1) is 17.8. The highest BCUT2D eigenvalue weighted by Crippen LogP contribution is 2.21. The van der Waals surface area contributed by atoms with Crippen molar-refractivity contribution in [3.8, 4) is 0 Å². The Hall–Kier alpha value is -1.56. The summed E-state index contributed by atoms with van der Waals surface area (Å²) < 4.78 is 5.37. The van der Waals surface area contributed by atoms with Gasteiger partial charge >= 0.3 is 6.09 Å². The minimum Gasteiger partial charge on any atom is -0.444 e. The average Bonchev–Trinajstić information content (AvgIpc) is 2.88. The van der Waals surface area contributed by atoms with Gasteiger partial charge < -0.3 is 15.0 Å². The Bertz CT molecular complexity index is 554. The summed E-state index contributed by atoms with van der Waals surface area (Å²) in [6, 6.07) is 2.06. The first-order valence-corrected chi connectivity index (χ1v) is 8.93. The van der Waals surface area contributed by atoms with E-state index in [1.165, 1.54) is 10.4 Å². The van der Waals surface area contributed by atoms with Crippen LogP contribution >= 0.6 is 11.3 Å². The van der Waals surface area contributed by atoms with Gasteiger partial charge in [-0.1, -0.05) is 0 Å². The summed E-state index contributed by atoms with van der Waals surface area (Å²) in [5, 5.41) is 5.05. The van der Waals surface area contributed by atoms with Crippen molar-refractivity contribution in [3.05, 3.63) is 21.9 Å². The van der Waals surface area contributed by atoms with Crippen LogP contribution in [-0.2, 0) is 16.1 Å². The number of nitrogens with one attached hydrogen (secondary N) is 1. The van der Waals surface area contributed by atoms with Gasteiger partial charge in [0.2, 0.25) is 5.91 Å². The SMILES string of the molecule is Cc1ccsc1CNC(=O)C1CCN(C(=O)OC(C)(C)C)CC1.